The zero-order valence-electron chi connectivity index (χ0n) is 27.9. The number of nitrogens with one attached hydrogen (secondary N) is 1. The second-order valence-electron chi connectivity index (χ2n) is 12.6. The highest BCUT2D eigenvalue weighted by Gasteiger charge is 2.49. The van der Waals surface area contributed by atoms with Crippen molar-refractivity contribution < 1.29 is 30.7 Å². The molecule has 0 bridgehead atoms. The number of hydrogen-bond donors (Lipinski definition) is 2. The second-order valence-corrected chi connectivity index (χ2v) is 14.6. The molecule has 0 spiro atoms. The summed E-state index contributed by atoms with van der Waals surface area (Å²) in [4.78, 5) is 17.6. The Labute approximate surface area is 280 Å². The van der Waals surface area contributed by atoms with Gasteiger partial charge in [-0.2, -0.15) is 0 Å². The molecule has 0 saturated heterocycles. The summed E-state index contributed by atoms with van der Waals surface area (Å²) in [5.74, 6) is -0.666. The monoisotopic (exact) mass is 664 g/mol. The van der Waals surface area contributed by atoms with Crippen LogP contribution >= 0.6 is 0 Å². The number of aliphatic hydroxyl groups is 1. The highest BCUT2D eigenvalue weighted by atomic mass is 35.5. The number of carbonyl (C=O) groups is 1. The molecule has 1 unspecified atom stereocenters. The number of fused-ring (bicyclic) bond motifs is 1. The molecule has 0 radical (unpaired) electrons. The van der Waals surface area contributed by atoms with Gasteiger partial charge in [-0.15, -0.1) is 0 Å². The van der Waals surface area contributed by atoms with E-state index in [0.29, 0.717) is 41.5 Å². The quantitative estimate of drug-likeness (QED) is 0.273. The fraction of sp³-hybridized carbons (Fsp3) is 0.639. The van der Waals surface area contributed by atoms with Crippen LogP contribution in [-0.4, -0.2) is 69.4 Å². The normalized spacial score (nSPS) is 21.1. The lowest BCUT2D eigenvalue weighted by atomic mass is 9.69. The van der Waals surface area contributed by atoms with Gasteiger partial charge in [-0.3, -0.25) is 4.79 Å². The van der Waals surface area contributed by atoms with Crippen LogP contribution in [0.4, 0.5) is 11.4 Å². The van der Waals surface area contributed by atoms with Crippen LogP contribution in [0.1, 0.15) is 110 Å². The topological polar surface area (TPSA) is 90.0 Å². The maximum atomic E-state index is 13.9. The molecule has 0 fully saturated rings. The molecule has 2 N–H and O–H groups in total. The van der Waals surface area contributed by atoms with Crippen molar-refractivity contribution in [1.82, 2.24) is 4.90 Å². The van der Waals surface area contributed by atoms with E-state index in [1.54, 1.807) is 6.07 Å². The summed E-state index contributed by atoms with van der Waals surface area (Å²) in [5, 5.41) is 15.3. The van der Waals surface area contributed by atoms with Gasteiger partial charge in [-0.25, -0.2) is 8.42 Å². The molecule has 4 atom stereocenters. The first-order valence-corrected chi connectivity index (χ1v) is 17.9. The minimum atomic E-state index is -3.65. The Bertz CT molecular complexity index is 1320. The van der Waals surface area contributed by atoms with Crippen LogP contribution in [0.3, 0.4) is 0 Å². The van der Waals surface area contributed by atoms with Crippen LogP contribution in [0.25, 0.3) is 0 Å². The van der Waals surface area contributed by atoms with E-state index in [-0.39, 0.29) is 31.5 Å². The SMILES string of the molecule is C.CCCC[C@]1(CC)CS(=O)(=O)c2ccc(N(C)C)cc2[C@@H](c2cccc(NC(=O)CCCCN(CC)C(C)CC)c2)[C@H]1O.[Cl-]. The van der Waals surface area contributed by atoms with Crippen molar-refractivity contribution in [1.29, 1.82) is 0 Å². The number of unbranched alkanes of at least 4 members (excludes halogenated alkanes) is 2. The lowest BCUT2D eigenvalue weighted by Gasteiger charge is -2.39. The summed E-state index contributed by atoms with van der Waals surface area (Å²) in [5.41, 5.74) is 2.19. The molecule has 1 amide bonds. The van der Waals surface area contributed by atoms with Gasteiger partial charge in [0.05, 0.1) is 16.8 Å². The van der Waals surface area contributed by atoms with Gasteiger partial charge in [0.25, 0.3) is 0 Å². The fourth-order valence-corrected chi connectivity index (χ4v) is 8.84. The van der Waals surface area contributed by atoms with Crippen LogP contribution in [0, 0.1) is 5.41 Å². The molecule has 2 aromatic carbocycles. The highest BCUT2D eigenvalue weighted by molar-refractivity contribution is 7.91. The number of hydrogen-bond acceptors (Lipinski definition) is 6. The van der Waals surface area contributed by atoms with Gasteiger partial charge < -0.3 is 32.6 Å². The number of carbonyl (C=O) groups excluding carboxylic acids is 1. The number of aliphatic hydroxyl groups excluding tert-OH is 1. The molecule has 9 heteroatoms. The first-order chi connectivity index (χ1) is 20.4. The van der Waals surface area contributed by atoms with E-state index in [1.807, 2.05) is 62.3 Å². The van der Waals surface area contributed by atoms with Crippen molar-refractivity contribution >= 4 is 27.1 Å². The van der Waals surface area contributed by atoms with Gasteiger partial charge in [0.2, 0.25) is 5.91 Å². The smallest absolute Gasteiger partial charge is 0.224 e. The van der Waals surface area contributed by atoms with Crippen LogP contribution < -0.4 is 22.6 Å². The van der Waals surface area contributed by atoms with Crippen LogP contribution in [0.2, 0.25) is 0 Å². The minimum absolute atomic E-state index is 0. The van der Waals surface area contributed by atoms with Gasteiger partial charge in [-0.05, 0) is 93.6 Å². The van der Waals surface area contributed by atoms with E-state index in [9.17, 15) is 18.3 Å². The summed E-state index contributed by atoms with van der Waals surface area (Å²) in [7, 11) is 0.200. The van der Waals surface area contributed by atoms with Crippen molar-refractivity contribution in [3.8, 4) is 0 Å². The Morgan fingerprint density at radius 1 is 1.07 bits per heavy atom. The molecular weight excluding hydrogens is 606 g/mol. The van der Waals surface area contributed by atoms with Gasteiger partial charge in [-0.1, -0.05) is 60.1 Å². The minimum Gasteiger partial charge on any atom is -1.00 e. The number of rotatable bonds is 15. The molecule has 3 rings (SSSR count). The van der Waals surface area contributed by atoms with E-state index in [0.717, 1.165) is 56.4 Å². The van der Waals surface area contributed by atoms with Crippen molar-refractivity contribution in [2.45, 2.75) is 116 Å². The molecule has 0 aliphatic carbocycles. The molecule has 256 valence electrons. The predicted molar refractivity (Wildman–Crippen MR) is 186 cm³/mol. The molecule has 7 nitrogen and oxygen atoms in total. The predicted octanol–water partition coefficient (Wildman–Crippen LogP) is 4.49. The highest BCUT2D eigenvalue weighted by Crippen LogP contribution is 2.49. The van der Waals surface area contributed by atoms with Crippen molar-refractivity contribution in [2.24, 2.45) is 5.41 Å². The molecular formula is C36H59ClN3O4S-. The summed E-state index contributed by atoms with van der Waals surface area (Å²) >= 11 is 0. The number of benzene rings is 2. The standard InChI is InChI=1S/C35H55N3O4S.CH4.ClH/c1-8-12-21-35(10-3)25-43(41,42)31-20-19-29(37(6)7)24-30(31)33(34(35)40)27-16-15-17-28(23-27)36-32(39)18-13-14-22-38(11-4)26(5)9-2;;/h15-17,19-20,23-24,26,33-34,40H,8-14,18,21-22,25H2,1-7H3,(H,36,39);1H4;1H/p-1/t26?,33-,34-,35-;;/m1../s1. The first-order valence-electron chi connectivity index (χ1n) is 16.3. The van der Waals surface area contributed by atoms with E-state index in [4.69, 9.17) is 0 Å². The number of anilines is 2. The third-order valence-electron chi connectivity index (χ3n) is 9.58. The van der Waals surface area contributed by atoms with E-state index < -0.39 is 27.3 Å². The number of amides is 1. The molecule has 2 aromatic rings. The summed E-state index contributed by atoms with van der Waals surface area (Å²) in [6.07, 6.45) is 5.39. The van der Waals surface area contributed by atoms with Gasteiger partial charge in [0, 0.05) is 49.3 Å². The van der Waals surface area contributed by atoms with E-state index in [1.165, 1.54) is 0 Å². The Hall–Kier alpha value is -2.13. The summed E-state index contributed by atoms with van der Waals surface area (Å²) in [6, 6.07) is 13.6. The number of halogens is 1. The van der Waals surface area contributed by atoms with Crippen LogP contribution in [0.15, 0.2) is 47.4 Å². The van der Waals surface area contributed by atoms with Crippen LogP contribution in [0.5, 0.6) is 0 Å². The zero-order valence-corrected chi connectivity index (χ0v) is 29.5. The lowest BCUT2D eigenvalue weighted by molar-refractivity contribution is -0.116. The van der Waals surface area contributed by atoms with Crippen molar-refractivity contribution in [2.75, 3.05) is 43.2 Å². The van der Waals surface area contributed by atoms with Crippen molar-refractivity contribution in [3.63, 3.8) is 0 Å². The second kappa shape index (κ2) is 18.3. The fourth-order valence-electron chi connectivity index (χ4n) is 6.59. The molecule has 0 aromatic heterocycles. The van der Waals surface area contributed by atoms with Crippen LogP contribution in [-0.2, 0) is 14.6 Å². The molecule has 1 aliphatic rings. The molecule has 1 aliphatic heterocycles. The number of sulfone groups is 1. The number of nitrogens with zero attached hydrogens (tertiary/aromatic N) is 2. The average Bonchev–Trinajstić information content (AvgIpc) is 3.05. The first kappa shape index (κ1) is 40.9. The molecule has 0 saturated carbocycles. The van der Waals surface area contributed by atoms with Gasteiger partial charge >= 0.3 is 0 Å². The third kappa shape index (κ3) is 9.93. The summed E-state index contributed by atoms with van der Waals surface area (Å²) in [6.45, 7) is 12.7. The lowest BCUT2D eigenvalue weighted by Crippen LogP contribution is -3.00. The Kier molecular flexibility index (Phi) is 16.6. The zero-order chi connectivity index (χ0) is 31.8. The van der Waals surface area contributed by atoms with E-state index >= 15 is 0 Å². The third-order valence-corrected chi connectivity index (χ3v) is 11.6. The maximum Gasteiger partial charge on any atom is 0.224 e. The Morgan fingerprint density at radius 3 is 2.38 bits per heavy atom. The Balaban J connectivity index is 0.00000506. The molecule has 45 heavy (non-hydrogen) atoms. The maximum absolute atomic E-state index is 13.9. The van der Waals surface area contributed by atoms with Gasteiger partial charge in [0.15, 0.2) is 9.84 Å². The Morgan fingerprint density at radius 2 is 1.78 bits per heavy atom. The van der Waals surface area contributed by atoms with E-state index in [2.05, 4.69) is 37.9 Å². The van der Waals surface area contributed by atoms with Crippen molar-refractivity contribution in [3.05, 3.63) is 53.6 Å². The summed E-state index contributed by atoms with van der Waals surface area (Å²) < 4.78 is 27.8. The van der Waals surface area contributed by atoms with Gasteiger partial charge in [0.1, 0.15) is 0 Å². The molecule has 1 heterocycles. The largest absolute Gasteiger partial charge is 1.00 e. The average molecular weight is 665 g/mol.